The van der Waals surface area contributed by atoms with Crippen LogP contribution in [0.15, 0.2) is 47.6 Å². The number of benzene rings is 1. The molecule has 116 valence electrons. The first kappa shape index (κ1) is 16.1. The average Bonchev–Trinajstić information content (AvgIpc) is 2.47. The Labute approximate surface area is 126 Å². The number of rotatable bonds is 5. The molecule has 0 amide bonds. The molecule has 1 heterocycles. The lowest BCUT2D eigenvalue weighted by Gasteiger charge is -2.14. The Morgan fingerprint density at radius 1 is 1.27 bits per heavy atom. The minimum atomic E-state index is -3.98. The molecule has 0 spiro atoms. The van der Waals surface area contributed by atoms with Gasteiger partial charge >= 0.3 is 5.97 Å². The summed E-state index contributed by atoms with van der Waals surface area (Å²) in [4.78, 5) is 14.4. The largest absolute Gasteiger partial charge is 0.478 e. The van der Waals surface area contributed by atoms with E-state index >= 15 is 0 Å². The zero-order valence-electron chi connectivity index (χ0n) is 11.5. The summed E-state index contributed by atoms with van der Waals surface area (Å²) in [5.41, 5.74) is -0.00131. The lowest BCUT2D eigenvalue weighted by molar-refractivity contribution is 0.0691. The fourth-order valence-electron chi connectivity index (χ4n) is 1.86. The predicted octanol–water partition coefficient (Wildman–Crippen LogP) is 1.96. The van der Waals surface area contributed by atoms with Crippen LogP contribution in [0.3, 0.4) is 0 Å². The number of aromatic nitrogens is 1. The Balaban J connectivity index is 2.31. The van der Waals surface area contributed by atoms with Crippen LogP contribution < -0.4 is 4.72 Å². The van der Waals surface area contributed by atoms with Crippen molar-refractivity contribution in [1.29, 1.82) is 0 Å². The normalized spacial score (nSPS) is 12.8. The number of carboxylic acids is 1. The van der Waals surface area contributed by atoms with Gasteiger partial charge in [-0.3, -0.25) is 4.98 Å². The van der Waals surface area contributed by atoms with Gasteiger partial charge in [-0.15, -0.1) is 0 Å². The summed E-state index contributed by atoms with van der Waals surface area (Å²) in [7, 11) is -3.98. The van der Waals surface area contributed by atoms with Crippen LogP contribution in [-0.2, 0) is 10.0 Å². The molecule has 0 fully saturated rings. The van der Waals surface area contributed by atoms with Crippen LogP contribution in [-0.4, -0.2) is 24.5 Å². The molecule has 2 N–H and O–H groups in total. The Bertz CT molecular complexity index is 794. The molecule has 22 heavy (non-hydrogen) atoms. The van der Waals surface area contributed by atoms with Gasteiger partial charge in [-0.05, 0) is 42.8 Å². The van der Waals surface area contributed by atoms with Gasteiger partial charge in [0.05, 0.1) is 10.5 Å². The minimum absolute atomic E-state index is 0.313. The van der Waals surface area contributed by atoms with Gasteiger partial charge in [0.15, 0.2) is 0 Å². The molecule has 0 saturated carbocycles. The summed E-state index contributed by atoms with van der Waals surface area (Å²) in [5.74, 6) is -2.52. The number of halogens is 1. The molecule has 0 bridgehead atoms. The van der Waals surface area contributed by atoms with Crippen LogP contribution in [0, 0.1) is 5.82 Å². The lowest BCUT2D eigenvalue weighted by atomic mass is 10.1. The van der Waals surface area contributed by atoms with Crippen LogP contribution in [0.1, 0.15) is 28.9 Å². The van der Waals surface area contributed by atoms with Gasteiger partial charge in [-0.25, -0.2) is 22.3 Å². The fourth-order valence-corrected chi connectivity index (χ4v) is 3.11. The van der Waals surface area contributed by atoms with E-state index in [1.165, 1.54) is 12.4 Å². The van der Waals surface area contributed by atoms with E-state index in [0.717, 1.165) is 18.2 Å². The van der Waals surface area contributed by atoms with E-state index in [2.05, 4.69) is 9.71 Å². The maximum Gasteiger partial charge on any atom is 0.338 e. The molecule has 1 aromatic carbocycles. The predicted molar refractivity (Wildman–Crippen MR) is 76.3 cm³/mol. The molecule has 2 aromatic rings. The second-order valence-electron chi connectivity index (χ2n) is 4.57. The number of carbonyl (C=O) groups is 1. The van der Waals surface area contributed by atoms with Crippen LogP contribution in [0.2, 0.25) is 0 Å². The maximum atomic E-state index is 13.3. The SMILES string of the molecule is C[C@@H](NS(=O)(=O)c1ccc(F)c(C(=O)O)c1)c1ccncc1. The molecule has 1 aromatic heterocycles. The van der Waals surface area contributed by atoms with Crippen LogP contribution in [0.4, 0.5) is 4.39 Å². The molecule has 2 rings (SSSR count). The van der Waals surface area contributed by atoms with Crippen LogP contribution in [0.5, 0.6) is 0 Å². The molecule has 0 radical (unpaired) electrons. The number of hydrogen-bond donors (Lipinski definition) is 2. The van der Waals surface area contributed by atoms with Crippen molar-refractivity contribution >= 4 is 16.0 Å². The van der Waals surface area contributed by atoms with Crippen LogP contribution in [0.25, 0.3) is 0 Å². The third-order valence-corrected chi connectivity index (χ3v) is 4.55. The zero-order chi connectivity index (χ0) is 16.3. The summed E-state index contributed by atoms with van der Waals surface area (Å²) in [6.07, 6.45) is 3.06. The van der Waals surface area contributed by atoms with Crippen LogP contribution >= 0.6 is 0 Å². The van der Waals surface area contributed by atoms with Crippen molar-refractivity contribution in [3.63, 3.8) is 0 Å². The first-order valence-electron chi connectivity index (χ1n) is 6.26. The second kappa shape index (κ2) is 6.20. The molecule has 1 atom stereocenters. The number of nitrogens with one attached hydrogen (secondary N) is 1. The number of aromatic carboxylic acids is 1. The minimum Gasteiger partial charge on any atom is -0.478 e. The first-order valence-corrected chi connectivity index (χ1v) is 7.74. The van der Waals surface area contributed by atoms with E-state index in [4.69, 9.17) is 5.11 Å². The van der Waals surface area contributed by atoms with E-state index in [0.29, 0.717) is 5.56 Å². The highest BCUT2D eigenvalue weighted by Gasteiger charge is 2.21. The molecular formula is C14H13FN2O4S. The highest BCUT2D eigenvalue weighted by Crippen LogP contribution is 2.19. The Morgan fingerprint density at radius 2 is 1.91 bits per heavy atom. The van der Waals surface area contributed by atoms with Gasteiger partial charge in [-0.1, -0.05) is 0 Å². The summed E-state index contributed by atoms with van der Waals surface area (Å²) in [6.45, 7) is 1.63. The monoisotopic (exact) mass is 324 g/mol. The first-order chi connectivity index (χ1) is 10.3. The third-order valence-electron chi connectivity index (χ3n) is 3.02. The highest BCUT2D eigenvalue weighted by atomic mass is 32.2. The summed E-state index contributed by atoms with van der Waals surface area (Å²) >= 11 is 0. The quantitative estimate of drug-likeness (QED) is 0.876. The summed E-state index contributed by atoms with van der Waals surface area (Å²) in [5, 5.41) is 8.85. The van der Waals surface area contributed by atoms with Gasteiger partial charge < -0.3 is 5.11 Å². The van der Waals surface area contributed by atoms with E-state index in [1.54, 1.807) is 19.1 Å². The van der Waals surface area contributed by atoms with Gasteiger partial charge in [0, 0.05) is 18.4 Å². The number of nitrogens with zero attached hydrogens (tertiary/aromatic N) is 1. The van der Waals surface area contributed by atoms with Crippen molar-refractivity contribution < 1.29 is 22.7 Å². The third kappa shape index (κ3) is 3.46. The molecule has 0 saturated heterocycles. The van der Waals surface area contributed by atoms with Crippen molar-refractivity contribution in [3.05, 3.63) is 59.7 Å². The highest BCUT2D eigenvalue weighted by molar-refractivity contribution is 7.89. The molecule has 0 unspecified atom stereocenters. The van der Waals surface area contributed by atoms with Crippen molar-refractivity contribution in [2.75, 3.05) is 0 Å². The van der Waals surface area contributed by atoms with Gasteiger partial charge in [0.2, 0.25) is 10.0 Å². The smallest absolute Gasteiger partial charge is 0.338 e. The van der Waals surface area contributed by atoms with Gasteiger partial charge in [0.25, 0.3) is 0 Å². The summed E-state index contributed by atoms with van der Waals surface area (Å²) < 4.78 is 40.3. The molecular weight excluding hydrogens is 311 g/mol. The average molecular weight is 324 g/mol. The molecule has 6 nitrogen and oxygen atoms in total. The van der Waals surface area contributed by atoms with E-state index in [-0.39, 0.29) is 4.90 Å². The Kier molecular flexibility index (Phi) is 4.53. The topological polar surface area (TPSA) is 96.4 Å². The number of carboxylic acid groups (broad SMARTS) is 1. The molecule has 0 aliphatic heterocycles. The molecule has 0 aliphatic carbocycles. The van der Waals surface area contributed by atoms with E-state index < -0.39 is 33.4 Å². The number of sulfonamides is 1. The molecule has 0 aliphatic rings. The number of pyridine rings is 1. The van der Waals surface area contributed by atoms with Crippen molar-refractivity contribution in [1.82, 2.24) is 9.71 Å². The molecule has 8 heteroatoms. The van der Waals surface area contributed by atoms with E-state index in [1.807, 2.05) is 0 Å². The standard InChI is InChI=1S/C14H13FN2O4S/c1-9(10-4-6-16-7-5-10)17-22(20,21)11-2-3-13(15)12(8-11)14(18)19/h2-9,17H,1H3,(H,18,19)/t9-/m1/s1. The maximum absolute atomic E-state index is 13.3. The van der Waals surface area contributed by atoms with E-state index in [9.17, 15) is 17.6 Å². The Hall–Kier alpha value is -2.32. The van der Waals surface area contributed by atoms with Crippen molar-refractivity contribution in [2.24, 2.45) is 0 Å². The number of hydrogen-bond acceptors (Lipinski definition) is 4. The van der Waals surface area contributed by atoms with Crippen molar-refractivity contribution in [2.45, 2.75) is 17.9 Å². The summed E-state index contributed by atoms with van der Waals surface area (Å²) in [6, 6.07) is 5.38. The fraction of sp³-hybridized carbons (Fsp3) is 0.143. The lowest BCUT2D eigenvalue weighted by Crippen LogP contribution is -2.27. The van der Waals surface area contributed by atoms with Crippen molar-refractivity contribution in [3.8, 4) is 0 Å². The zero-order valence-corrected chi connectivity index (χ0v) is 12.3. The Morgan fingerprint density at radius 3 is 2.50 bits per heavy atom. The van der Waals surface area contributed by atoms with Gasteiger partial charge in [-0.2, -0.15) is 0 Å². The second-order valence-corrected chi connectivity index (χ2v) is 6.28. The van der Waals surface area contributed by atoms with Gasteiger partial charge in [0.1, 0.15) is 5.82 Å².